The Morgan fingerprint density at radius 1 is 1.00 bits per heavy atom. The van der Waals surface area contributed by atoms with Gasteiger partial charge in [-0.3, -0.25) is 4.79 Å². The number of hydrogen-bond acceptors (Lipinski definition) is 1. The van der Waals surface area contributed by atoms with Crippen LogP contribution in [0, 0.1) is 5.92 Å². The predicted molar refractivity (Wildman–Crippen MR) is 104 cm³/mol. The second-order valence-corrected chi connectivity index (χ2v) is 7.25. The van der Waals surface area contributed by atoms with Gasteiger partial charge in [-0.25, -0.2) is 0 Å². The lowest BCUT2D eigenvalue weighted by Crippen LogP contribution is -2.24. The van der Waals surface area contributed by atoms with E-state index in [0.29, 0.717) is 0 Å². The van der Waals surface area contributed by atoms with Gasteiger partial charge in [0.15, 0.2) is 0 Å². The van der Waals surface area contributed by atoms with E-state index in [1.165, 1.54) is 19.3 Å². The summed E-state index contributed by atoms with van der Waals surface area (Å²) in [4.78, 5) is 15.7. The molecule has 0 unspecified atom stereocenters. The normalized spacial score (nSPS) is 15.4. The third-order valence-corrected chi connectivity index (χ3v) is 5.26. The predicted octanol–water partition coefficient (Wildman–Crippen LogP) is 6.01. The molecule has 1 aliphatic rings. The molecule has 128 valence electrons. The zero-order valence-corrected chi connectivity index (χ0v) is 14.8. The molecule has 0 spiro atoms. The van der Waals surface area contributed by atoms with Crippen LogP contribution in [0.15, 0.2) is 48.5 Å². The standard InChI is InChI=1S/C21H21ClN2O/c22-17-8-11-19-16(12-17)13-20(24-19)14-6-9-18(10-7-14)23-21(25)15-4-2-1-3-5-15/h6-13,15,24H,1-5H2,(H,23,25). The van der Waals surface area contributed by atoms with Crippen molar-refractivity contribution in [2.75, 3.05) is 5.32 Å². The van der Waals surface area contributed by atoms with E-state index < -0.39 is 0 Å². The molecule has 0 radical (unpaired) electrons. The number of aromatic amines is 1. The second kappa shape index (κ2) is 6.93. The van der Waals surface area contributed by atoms with E-state index in [2.05, 4.69) is 16.4 Å². The Labute approximate surface area is 152 Å². The molecule has 0 bridgehead atoms. The summed E-state index contributed by atoms with van der Waals surface area (Å²) in [5.41, 5.74) is 4.05. The van der Waals surface area contributed by atoms with E-state index in [9.17, 15) is 4.79 Å². The molecule has 2 aromatic carbocycles. The number of amides is 1. The van der Waals surface area contributed by atoms with E-state index in [1.54, 1.807) is 0 Å². The fraction of sp³-hybridized carbons (Fsp3) is 0.286. The van der Waals surface area contributed by atoms with E-state index in [-0.39, 0.29) is 11.8 Å². The molecule has 1 aliphatic carbocycles. The van der Waals surface area contributed by atoms with Crippen molar-refractivity contribution >= 4 is 34.1 Å². The maximum absolute atomic E-state index is 12.3. The summed E-state index contributed by atoms with van der Waals surface area (Å²) in [6, 6.07) is 15.9. The third-order valence-electron chi connectivity index (χ3n) is 5.02. The first kappa shape index (κ1) is 16.2. The number of fused-ring (bicyclic) bond motifs is 1. The van der Waals surface area contributed by atoms with Crippen molar-refractivity contribution in [3.63, 3.8) is 0 Å². The highest BCUT2D eigenvalue weighted by Gasteiger charge is 2.20. The van der Waals surface area contributed by atoms with Crippen molar-refractivity contribution in [1.82, 2.24) is 4.98 Å². The number of carbonyl (C=O) groups excluding carboxylic acids is 1. The smallest absolute Gasteiger partial charge is 0.227 e. The molecular weight excluding hydrogens is 332 g/mol. The van der Waals surface area contributed by atoms with Gasteiger partial charge in [-0.15, -0.1) is 0 Å². The number of nitrogens with one attached hydrogen (secondary N) is 2. The molecule has 25 heavy (non-hydrogen) atoms. The van der Waals surface area contributed by atoms with Gasteiger partial charge >= 0.3 is 0 Å². The lowest BCUT2D eigenvalue weighted by molar-refractivity contribution is -0.120. The Hall–Kier alpha value is -2.26. The van der Waals surface area contributed by atoms with Crippen LogP contribution in [0.4, 0.5) is 5.69 Å². The highest BCUT2D eigenvalue weighted by Crippen LogP contribution is 2.28. The SMILES string of the molecule is O=C(Nc1ccc(-c2cc3cc(Cl)ccc3[nH]2)cc1)C1CCCCC1. The highest BCUT2D eigenvalue weighted by molar-refractivity contribution is 6.31. The van der Waals surface area contributed by atoms with Crippen LogP contribution in [0.5, 0.6) is 0 Å². The average molecular weight is 353 g/mol. The van der Waals surface area contributed by atoms with Crippen LogP contribution in [-0.4, -0.2) is 10.9 Å². The molecule has 3 nitrogen and oxygen atoms in total. The topological polar surface area (TPSA) is 44.9 Å². The van der Waals surface area contributed by atoms with Crippen LogP contribution in [-0.2, 0) is 4.79 Å². The largest absolute Gasteiger partial charge is 0.355 e. The van der Waals surface area contributed by atoms with Crippen LogP contribution < -0.4 is 5.32 Å². The molecule has 1 amide bonds. The third kappa shape index (κ3) is 3.57. The van der Waals surface area contributed by atoms with Gasteiger partial charge in [-0.05, 0) is 54.8 Å². The van der Waals surface area contributed by atoms with Crippen LogP contribution in [0.3, 0.4) is 0 Å². The summed E-state index contributed by atoms with van der Waals surface area (Å²) in [5.74, 6) is 0.333. The minimum Gasteiger partial charge on any atom is -0.355 e. The van der Waals surface area contributed by atoms with Gasteiger partial charge in [-0.2, -0.15) is 0 Å². The molecule has 0 atom stereocenters. The number of hydrogen-bond donors (Lipinski definition) is 2. The molecule has 2 N–H and O–H groups in total. The summed E-state index contributed by atoms with van der Waals surface area (Å²) in [6.07, 6.45) is 5.63. The number of aromatic nitrogens is 1. The van der Waals surface area contributed by atoms with Gasteiger partial charge in [0.05, 0.1) is 0 Å². The molecule has 4 rings (SSSR count). The highest BCUT2D eigenvalue weighted by atomic mass is 35.5. The van der Waals surface area contributed by atoms with Crippen LogP contribution in [0.25, 0.3) is 22.2 Å². The van der Waals surface area contributed by atoms with Gasteiger partial charge in [0.25, 0.3) is 0 Å². The number of carbonyl (C=O) groups is 1. The number of rotatable bonds is 3. The molecule has 1 aromatic heterocycles. The summed E-state index contributed by atoms with van der Waals surface area (Å²) in [5, 5.41) is 4.89. The Kier molecular flexibility index (Phi) is 4.50. The molecule has 0 aliphatic heterocycles. The summed E-state index contributed by atoms with van der Waals surface area (Å²) >= 11 is 6.05. The van der Waals surface area contributed by atoms with Gasteiger partial charge in [0, 0.05) is 33.2 Å². The van der Waals surface area contributed by atoms with Crippen LogP contribution >= 0.6 is 11.6 Å². The monoisotopic (exact) mass is 352 g/mol. The van der Waals surface area contributed by atoms with Gasteiger partial charge in [-0.1, -0.05) is 43.0 Å². The van der Waals surface area contributed by atoms with E-state index in [4.69, 9.17) is 11.6 Å². The van der Waals surface area contributed by atoms with Crippen molar-refractivity contribution in [3.05, 3.63) is 53.6 Å². The molecular formula is C21H21ClN2O. The lowest BCUT2D eigenvalue weighted by atomic mass is 9.88. The first-order chi connectivity index (χ1) is 12.2. The molecule has 3 aromatic rings. The minimum absolute atomic E-state index is 0.160. The maximum Gasteiger partial charge on any atom is 0.227 e. The Morgan fingerprint density at radius 2 is 1.76 bits per heavy atom. The molecule has 0 saturated heterocycles. The van der Waals surface area contributed by atoms with Gasteiger partial charge in [0.2, 0.25) is 5.91 Å². The molecule has 1 heterocycles. The van der Waals surface area contributed by atoms with Gasteiger partial charge in [0.1, 0.15) is 0 Å². The summed E-state index contributed by atoms with van der Waals surface area (Å²) in [7, 11) is 0. The fourth-order valence-corrected chi connectivity index (χ4v) is 3.78. The Morgan fingerprint density at radius 3 is 2.52 bits per heavy atom. The summed E-state index contributed by atoms with van der Waals surface area (Å²) < 4.78 is 0. The quantitative estimate of drug-likeness (QED) is 0.595. The van der Waals surface area contributed by atoms with Crippen molar-refractivity contribution < 1.29 is 4.79 Å². The first-order valence-corrected chi connectivity index (χ1v) is 9.26. The Bertz CT molecular complexity index is 892. The maximum atomic E-state index is 12.3. The minimum atomic E-state index is 0.160. The van der Waals surface area contributed by atoms with E-state index >= 15 is 0 Å². The molecule has 1 fully saturated rings. The second-order valence-electron chi connectivity index (χ2n) is 6.82. The first-order valence-electron chi connectivity index (χ1n) is 8.89. The van der Waals surface area contributed by atoms with Crippen molar-refractivity contribution in [3.8, 4) is 11.3 Å². The van der Waals surface area contributed by atoms with Crippen LogP contribution in [0.2, 0.25) is 5.02 Å². The molecule has 1 saturated carbocycles. The zero-order valence-electron chi connectivity index (χ0n) is 14.0. The van der Waals surface area contributed by atoms with Crippen LogP contribution in [0.1, 0.15) is 32.1 Å². The Balaban J connectivity index is 1.49. The van der Waals surface area contributed by atoms with E-state index in [1.807, 2.05) is 42.5 Å². The number of benzene rings is 2. The van der Waals surface area contributed by atoms with Crippen molar-refractivity contribution in [2.24, 2.45) is 5.92 Å². The van der Waals surface area contributed by atoms with Gasteiger partial charge < -0.3 is 10.3 Å². The zero-order chi connectivity index (χ0) is 17.2. The lowest BCUT2D eigenvalue weighted by Gasteiger charge is -2.20. The number of H-pyrrole nitrogens is 1. The number of anilines is 1. The van der Waals surface area contributed by atoms with Crippen molar-refractivity contribution in [2.45, 2.75) is 32.1 Å². The summed E-state index contributed by atoms with van der Waals surface area (Å²) in [6.45, 7) is 0. The molecule has 4 heteroatoms. The van der Waals surface area contributed by atoms with E-state index in [0.717, 1.165) is 45.7 Å². The fourth-order valence-electron chi connectivity index (χ4n) is 3.60. The van der Waals surface area contributed by atoms with Crippen molar-refractivity contribution in [1.29, 1.82) is 0 Å². The average Bonchev–Trinajstić information content (AvgIpc) is 3.06. The number of halogens is 1.